The molecule has 2 N–H and O–H groups in total. The van der Waals surface area contributed by atoms with E-state index in [1.165, 1.54) is 0 Å². The average Bonchev–Trinajstić information content (AvgIpc) is 3.30. The number of hydrogen-bond acceptors (Lipinski definition) is 7. The van der Waals surface area contributed by atoms with Gasteiger partial charge in [-0.3, -0.25) is 4.40 Å². The number of anilines is 3. The number of aromatic hydroxyl groups is 1. The SMILES string of the molecule is COc1cc(-c2cc3nccn3c(Nc3ccc(O)cc3)n2)ccc1N1CCOCC1. The van der Waals surface area contributed by atoms with E-state index in [0.29, 0.717) is 5.95 Å². The number of nitrogens with zero attached hydrogens (tertiary/aromatic N) is 4. The highest BCUT2D eigenvalue weighted by atomic mass is 16.5. The third-order valence-corrected chi connectivity index (χ3v) is 5.34. The Hall–Kier alpha value is -3.78. The molecule has 158 valence electrons. The van der Waals surface area contributed by atoms with E-state index >= 15 is 0 Å². The van der Waals surface area contributed by atoms with Gasteiger partial charge in [-0.05, 0) is 36.4 Å². The smallest absolute Gasteiger partial charge is 0.213 e. The molecule has 8 heteroatoms. The summed E-state index contributed by atoms with van der Waals surface area (Å²) in [7, 11) is 1.69. The summed E-state index contributed by atoms with van der Waals surface area (Å²) in [6, 6.07) is 14.9. The van der Waals surface area contributed by atoms with Crippen LogP contribution in [0, 0.1) is 0 Å². The van der Waals surface area contributed by atoms with E-state index in [-0.39, 0.29) is 5.75 Å². The fourth-order valence-corrected chi connectivity index (χ4v) is 3.74. The van der Waals surface area contributed by atoms with Crippen molar-refractivity contribution in [1.29, 1.82) is 0 Å². The first kappa shape index (κ1) is 19.2. The van der Waals surface area contributed by atoms with E-state index in [1.54, 1.807) is 37.6 Å². The van der Waals surface area contributed by atoms with Crippen molar-refractivity contribution in [3.8, 4) is 22.8 Å². The second kappa shape index (κ2) is 8.16. The topological polar surface area (TPSA) is 84.2 Å². The molecule has 0 amide bonds. The summed E-state index contributed by atoms with van der Waals surface area (Å²) in [5.74, 6) is 1.65. The van der Waals surface area contributed by atoms with Gasteiger partial charge in [0.1, 0.15) is 17.1 Å². The van der Waals surface area contributed by atoms with Crippen LogP contribution in [0.25, 0.3) is 16.9 Å². The van der Waals surface area contributed by atoms with Crippen LogP contribution in [0.1, 0.15) is 0 Å². The number of nitrogens with one attached hydrogen (secondary N) is 1. The van der Waals surface area contributed by atoms with Crippen LogP contribution < -0.4 is 15.0 Å². The lowest BCUT2D eigenvalue weighted by Gasteiger charge is -2.30. The van der Waals surface area contributed by atoms with Gasteiger partial charge in [0.2, 0.25) is 5.95 Å². The summed E-state index contributed by atoms with van der Waals surface area (Å²) in [5.41, 5.74) is 4.37. The Balaban J connectivity index is 1.53. The zero-order valence-electron chi connectivity index (χ0n) is 17.2. The van der Waals surface area contributed by atoms with Crippen LogP contribution in [0.2, 0.25) is 0 Å². The third-order valence-electron chi connectivity index (χ3n) is 5.34. The van der Waals surface area contributed by atoms with Gasteiger partial charge in [0.05, 0.1) is 31.7 Å². The summed E-state index contributed by atoms with van der Waals surface area (Å²) >= 11 is 0. The van der Waals surface area contributed by atoms with Gasteiger partial charge in [-0.15, -0.1) is 0 Å². The molecule has 5 rings (SSSR count). The van der Waals surface area contributed by atoms with Crippen LogP contribution >= 0.6 is 0 Å². The first-order chi connectivity index (χ1) is 15.2. The van der Waals surface area contributed by atoms with Gasteiger partial charge in [-0.2, -0.15) is 0 Å². The highest BCUT2D eigenvalue weighted by Crippen LogP contribution is 2.34. The maximum atomic E-state index is 9.54. The number of benzene rings is 2. The molecule has 2 aromatic carbocycles. The molecule has 31 heavy (non-hydrogen) atoms. The molecule has 0 radical (unpaired) electrons. The number of methoxy groups -OCH3 is 1. The molecule has 0 unspecified atom stereocenters. The van der Waals surface area contributed by atoms with Gasteiger partial charge >= 0.3 is 0 Å². The van der Waals surface area contributed by atoms with Crippen LogP contribution in [0.5, 0.6) is 11.5 Å². The Morgan fingerprint density at radius 2 is 1.87 bits per heavy atom. The molecule has 3 heterocycles. The summed E-state index contributed by atoms with van der Waals surface area (Å²) in [6.45, 7) is 3.12. The summed E-state index contributed by atoms with van der Waals surface area (Å²) in [4.78, 5) is 11.6. The Labute approximate surface area is 179 Å². The van der Waals surface area contributed by atoms with Crippen molar-refractivity contribution in [2.75, 3.05) is 43.6 Å². The number of ether oxygens (including phenoxy) is 2. The Morgan fingerprint density at radius 1 is 1.06 bits per heavy atom. The van der Waals surface area contributed by atoms with Crippen molar-refractivity contribution in [3.63, 3.8) is 0 Å². The molecule has 1 aliphatic heterocycles. The van der Waals surface area contributed by atoms with Crippen molar-refractivity contribution in [2.24, 2.45) is 0 Å². The van der Waals surface area contributed by atoms with Gasteiger partial charge in [0, 0.05) is 42.8 Å². The van der Waals surface area contributed by atoms with Gasteiger partial charge in [0.15, 0.2) is 0 Å². The number of fused-ring (bicyclic) bond motifs is 1. The van der Waals surface area contributed by atoms with Crippen LogP contribution in [0.15, 0.2) is 60.9 Å². The minimum atomic E-state index is 0.215. The zero-order valence-corrected chi connectivity index (χ0v) is 17.2. The second-order valence-corrected chi connectivity index (χ2v) is 7.28. The lowest BCUT2D eigenvalue weighted by Crippen LogP contribution is -2.36. The van der Waals surface area contributed by atoms with Crippen LogP contribution in [0.3, 0.4) is 0 Å². The van der Waals surface area contributed by atoms with Gasteiger partial charge in [0.25, 0.3) is 0 Å². The van der Waals surface area contributed by atoms with Gasteiger partial charge < -0.3 is 24.8 Å². The van der Waals surface area contributed by atoms with Crippen LogP contribution in [0.4, 0.5) is 17.3 Å². The summed E-state index contributed by atoms with van der Waals surface area (Å²) in [6.07, 6.45) is 3.60. The van der Waals surface area contributed by atoms with E-state index in [0.717, 1.165) is 60.3 Å². The predicted molar refractivity (Wildman–Crippen MR) is 119 cm³/mol. The maximum Gasteiger partial charge on any atom is 0.213 e. The van der Waals surface area contributed by atoms with Gasteiger partial charge in [-0.25, -0.2) is 9.97 Å². The molecular formula is C23H23N5O3. The molecule has 4 aromatic rings. The highest BCUT2D eigenvalue weighted by molar-refractivity contribution is 5.73. The molecule has 0 atom stereocenters. The minimum Gasteiger partial charge on any atom is -0.508 e. The Morgan fingerprint density at radius 3 is 2.65 bits per heavy atom. The fraction of sp³-hybridized carbons (Fsp3) is 0.217. The minimum absolute atomic E-state index is 0.215. The van der Waals surface area contributed by atoms with E-state index in [9.17, 15) is 5.11 Å². The molecule has 0 spiro atoms. The largest absolute Gasteiger partial charge is 0.508 e. The third kappa shape index (κ3) is 3.85. The molecule has 0 bridgehead atoms. The summed E-state index contributed by atoms with van der Waals surface area (Å²) in [5, 5.41) is 12.8. The lowest BCUT2D eigenvalue weighted by molar-refractivity contribution is 0.122. The quantitative estimate of drug-likeness (QED) is 0.479. The Bertz CT molecular complexity index is 1200. The Kier molecular flexibility index (Phi) is 5.05. The highest BCUT2D eigenvalue weighted by Gasteiger charge is 2.17. The number of imidazole rings is 1. The van der Waals surface area contributed by atoms with Crippen LogP contribution in [-0.2, 0) is 4.74 Å². The molecular weight excluding hydrogens is 394 g/mol. The van der Waals surface area contributed by atoms with Crippen molar-refractivity contribution < 1.29 is 14.6 Å². The predicted octanol–water partition coefficient (Wildman–Crippen LogP) is 3.69. The van der Waals surface area contributed by atoms with Crippen molar-refractivity contribution in [1.82, 2.24) is 14.4 Å². The monoisotopic (exact) mass is 417 g/mol. The molecule has 8 nitrogen and oxygen atoms in total. The summed E-state index contributed by atoms with van der Waals surface area (Å²) < 4.78 is 13.1. The maximum absolute atomic E-state index is 9.54. The van der Waals surface area contributed by atoms with E-state index in [2.05, 4.69) is 27.3 Å². The zero-order chi connectivity index (χ0) is 21.2. The lowest BCUT2D eigenvalue weighted by atomic mass is 10.1. The first-order valence-electron chi connectivity index (χ1n) is 10.1. The molecule has 1 saturated heterocycles. The first-order valence-corrected chi connectivity index (χ1v) is 10.1. The normalized spacial score (nSPS) is 14.0. The average molecular weight is 417 g/mol. The number of phenols is 1. The van der Waals surface area contributed by atoms with Crippen molar-refractivity contribution in [3.05, 3.63) is 60.9 Å². The fourth-order valence-electron chi connectivity index (χ4n) is 3.74. The number of hydrogen-bond donors (Lipinski definition) is 2. The number of morpholine rings is 1. The van der Waals surface area contributed by atoms with E-state index in [4.69, 9.17) is 14.5 Å². The second-order valence-electron chi connectivity index (χ2n) is 7.28. The molecule has 1 aliphatic rings. The van der Waals surface area contributed by atoms with E-state index in [1.807, 2.05) is 22.7 Å². The van der Waals surface area contributed by atoms with E-state index < -0.39 is 0 Å². The number of aromatic nitrogens is 3. The molecule has 0 saturated carbocycles. The van der Waals surface area contributed by atoms with Crippen molar-refractivity contribution >= 4 is 23.0 Å². The van der Waals surface area contributed by atoms with Crippen molar-refractivity contribution in [2.45, 2.75) is 0 Å². The standard InChI is InChI=1S/C23H23N5O3/c1-30-21-14-16(2-7-20(21)27-10-12-31-13-11-27)19-15-22-24-8-9-28(22)23(26-19)25-17-3-5-18(29)6-4-17/h2-9,14-15,29H,10-13H2,1H3,(H,25,26). The van der Waals surface area contributed by atoms with Gasteiger partial charge in [-0.1, -0.05) is 6.07 Å². The molecule has 0 aliphatic carbocycles. The number of phenolic OH excluding ortho intramolecular Hbond substituents is 1. The number of rotatable bonds is 5. The molecule has 2 aromatic heterocycles. The van der Waals surface area contributed by atoms with Crippen LogP contribution in [-0.4, -0.2) is 52.9 Å². The molecule has 1 fully saturated rings.